The van der Waals surface area contributed by atoms with Crippen LogP contribution < -0.4 is 23.7 Å². The lowest BCUT2D eigenvalue weighted by Crippen LogP contribution is -2.03. The molecular weight excluding hydrogens is 404 g/mol. The van der Waals surface area contributed by atoms with Gasteiger partial charge < -0.3 is 23.7 Å². The zero-order valence-corrected chi connectivity index (χ0v) is 19.6. The van der Waals surface area contributed by atoms with Gasteiger partial charge in [-0.25, -0.2) is 0 Å². The summed E-state index contributed by atoms with van der Waals surface area (Å²) >= 11 is 0. The molecule has 0 aliphatic rings. The molecule has 5 nitrogen and oxygen atoms in total. The Labute approximate surface area is 190 Å². The lowest BCUT2D eigenvalue weighted by atomic mass is 9.94. The highest BCUT2D eigenvalue weighted by Gasteiger charge is 2.15. The number of hydrogen-bond donors (Lipinski definition) is 0. The quantitative estimate of drug-likeness (QED) is 0.408. The highest BCUT2D eigenvalue weighted by molar-refractivity contribution is 5.54. The van der Waals surface area contributed by atoms with E-state index in [1.807, 2.05) is 18.2 Å². The number of ether oxygens (including phenoxy) is 5. The van der Waals surface area contributed by atoms with Gasteiger partial charge in [-0.15, -0.1) is 0 Å². The fraction of sp³-hybridized carbons (Fsp3) is 0.333. The van der Waals surface area contributed by atoms with E-state index in [0.717, 1.165) is 42.7 Å². The van der Waals surface area contributed by atoms with Crippen molar-refractivity contribution in [2.75, 3.05) is 35.5 Å². The summed E-state index contributed by atoms with van der Waals surface area (Å²) in [5, 5.41) is 0. The van der Waals surface area contributed by atoms with E-state index in [2.05, 4.69) is 36.4 Å². The summed E-state index contributed by atoms with van der Waals surface area (Å²) in [4.78, 5) is 0. The third-order valence-electron chi connectivity index (χ3n) is 5.64. The lowest BCUT2D eigenvalue weighted by Gasteiger charge is -2.17. The van der Waals surface area contributed by atoms with E-state index in [1.165, 1.54) is 16.7 Å². The number of hydrogen-bond acceptors (Lipinski definition) is 5. The summed E-state index contributed by atoms with van der Waals surface area (Å²) < 4.78 is 27.6. The van der Waals surface area contributed by atoms with Crippen LogP contribution in [0.25, 0.3) is 0 Å². The summed E-state index contributed by atoms with van der Waals surface area (Å²) in [6, 6.07) is 18.7. The van der Waals surface area contributed by atoms with E-state index in [9.17, 15) is 0 Å². The van der Waals surface area contributed by atoms with Crippen molar-refractivity contribution in [3.8, 4) is 28.7 Å². The smallest absolute Gasteiger partial charge is 0.203 e. The molecule has 0 amide bonds. The maximum Gasteiger partial charge on any atom is 0.203 e. The Balaban J connectivity index is 1.87. The molecular formula is C27H32O5. The molecule has 0 unspecified atom stereocenters. The standard InChI is InChI=1S/C27H32O5/c1-28-23-17-21(13-11-19-9-7-6-8-10-19)22(18-24(23)29-2)14-12-20-15-25(30-3)27(32-5)26(16-20)31-4/h6-10,15-18H,11-14H2,1-5H3. The molecule has 0 spiro atoms. The molecule has 0 saturated carbocycles. The first-order chi connectivity index (χ1) is 15.6. The van der Waals surface area contributed by atoms with Crippen molar-refractivity contribution in [3.63, 3.8) is 0 Å². The zero-order chi connectivity index (χ0) is 22.9. The third kappa shape index (κ3) is 5.47. The Bertz CT molecular complexity index is 989. The van der Waals surface area contributed by atoms with Gasteiger partial charge in [0.25, 0.3) is 0 Å². The highest BCUT2D eigenvalue weighted by Crippen LogP contribution is 2.39. The minimum atomic E-state index is 0.605. The van der Waals surface area contributed by atoms with Crippen LogP contribution in [0.1, 0.15) is 22.3 Å². The van der Waals surface area contributed by atoms with Crippen LogP contribution >= 0.6 is 0 Å². The van der Waals surface area contributed by atoms with Gasteiger partial charge in [0, 0.05) is 0 Å². The molecule has 0 N–H and O–H groups in total. The average Bonchev–Trinajstić information content (AvgIpc) is 2.85. The molecule has 0 aliphatic heterocycles. The van der Waals surface area contributed by atoms with Crippen molar-refractivity contribution in [1.82, 2.24) is 0 Å². The third-order valence-corrected chi connectivity index (χ3v) is 5.64. The maximum atomic E-state index is 5.57. The van der Waals surface area contributed by atoms with Crippen molar-refractivity contribution < 1.29 is 23.7 Å². The number of benzene rings is 3. The fourth-order valence-corrected chi connectivity index (χ4v) is 3.91. The van der Waals surface area contributed by atoms with Crippen LogP contribution in [0.3, 0.4) is 0 Å². The van der Waals surface area contributed by atoms with E-state index >= 15 is 0 Å². The molecule has 3 aromatic rings. The van der Waals surface area contributed by atoms with Crippen molar-refractivity contribution in [2.24, 2.45) is 0 Å². The van der Waals surface area contributed by atoms with Crippen LogP contribution in [0.15, 0.2) is 54.6 Å². The average molecular weight is 437 g/mol. The molecule has 0 heterocycles. The SMILES string of the molecule is COc1cc(CCc2ccccc2)c(CCc2cc(OC)c(OC)c(OC)c2)cc1OC. The van der Waals surface area contributed by atoms with Gasteiger partial charge in [-0.3, -0.25) is 0 Å². The molecule has 0 fully saturated rings. The molecule has 0 saturated heterocycles. The molecule has 3 rings (SSSR count). The van der Waals surface area contributed by atoms with Crippen LogP contribution in [-0.4, -0.2) is 35.5 Å². The molecule has 0 bridgehead atoms. The molecule has 0 aliphatic carbocycles. The maximum absolute atomic E-state index is 5.57. The second kappa shape index (κ2) is 11.3. The number of rotatable bonds is 11. The monoisotopic (exact) mass is 436 g/mol. The van der Waals surface area contributed by atoms with E-state index in [1.54, 1.807) is 35.5 Å². The van der Waals surface area contributed by atoms with Gasteiger partial charge in [-0.05, 0) is 72.2 Å². The molecule has 0 radical (unpaired) electrons. The normalized spacial score (nSPS) is 10.5. The fourth-order valence-electron chi connectivity index (χ4n) is 3.91. The second-order valence-electron chi connectivity index (χ2n) is 7.50. The van der Waals surface area contributed by atoms with Crippen molar-refractivity contribution in [3.05, 3.63) is 76.9 Å². The van der Waals surface area contributed by atoms with Crippen LogP contribution in [0.5, 0.6) is 28.7 Å². The van der Waals surface area contributed by atoms with Gasteiger partial charge in [0.05, 0.1) is 35.5 Å². The van der Waals surface area contributed by atoms with Crippen molar-refractivity contribution in [2.45, 2.75) is 25.7 Å². The van der Waals surface area contributed by atoms with Gasteiger partial charge in [-0.1, -0.05) is 30.3 Å². The molecule has 170 valence electrons. The Morgan fingerprint density at radius 3 is 1.38 bits per heavy atom. The van der Waals surface area contributed by atoms with Crippen molar-refractivity contribution in [1.29, 1.82) is 0 Å². The van der Waals surface area contributed by atoms with E-state index in [4.69, 9.17) is 23.7 Å². The highest BCUT2D eigenvalue weighted by atomic mass is 16.5. The predicted octanol–water partition coefficient (Wildman–Crippen LogP) is 5.30. The Kier molecular flexibility index (Phi) is 8.26. The topological polar surface area (TPSA) is 46.2 Å². The Morgan fingerprint density at radius 2 is 0.938 bits per heavy atom. The summed E-state index contributed by atoms with van der Waals surface area (Å²) in [6.45, 7) is 0. The lowest BCUT2D eigenvalue weighted by molar-refractivity contribution is 0.324. The van der Waals surface area contributed by atoms with Gasteiger partial charge in [0.1, 0.15) is 0 Å². The predicted molar refractivity (Wildman–Crippen MR) is 127 cm³/mol. The van der Waals surface area contributed by atoms with Gasteiger partial charge >= 0.3 is 0 Å². The zero-order valence-electron chi connectivity index (χ0n) is 19.6. The molecule has 3 aromatic carbocycles. The van der Waals surface area contributed by atoms with Crippen LogP contribution in [0.2, 0.25) is 0 Å². The minimum absolute atomic E-state index is 0.605. The Morgan fingerprint density at radius 1 is 0.469 bits per heavy atom. The summed E-state index contributed by atoms with van der Waals surface area (Å²) in [5.41, 5.74) is 4.94. The van der Waals surface area contributed by atoms with Crippen LogP contribution in [-0.2, 0) is 25.7 Å². The molecule has 32 heavy (non-hydrogen) atoms. The minimum Gasteiger partial charge on any atom is -0.493 e. The first-order valence-electron chi connectivity index (χ1n) is 10.7. The largest absolute Gasteiger partial charge is 0.493 e. The van der Waals surface area contributed by atoms with E-state index in [0.29, 0.717) is 17.2 Å². The Hall–Kier alpha value is -3.34. The van der Waals surface area contributed by atoms with Gasteiger partial charge in [-0.2, -0.15) is 0 Å². The molecule has 5 heteroatoms. The molecule has 0 atom stereocenters. The van der Waals surface area contributed by atoms with Gasteiger partial charge in [0.2, 0.25) is 5.75 Å². The van der Waals surface area contributed by atoms with Crippen LogP contribution in [0.4, 0.5) is 0 Å². The number of methoxy groups -OCH3 is 5. The summed E-state index contributed by atoms with van der Waals surface area (Å²) in [6.07, 6.45) is 3.57. The summed E-state index contributed by atoms with van der Waals surface area (Å²) in [7, 11) is 8.23. The molecule has 0 aromatic heterocycles. The first kappa shape index (κ1) is 23.3. The van der Waals surface area contributed by atoms with Gasteiger partial charge in [0.15, 0.2) is 23.0 Å². The summed E-state index contributed by atoms with van der Waals surface area (Å²) in [5.74, 6) is 3.44. The van der Waals surface area contributed by atoms with Crippen molar-refractivity contribution >= 4 is 0 Å². The number of aryl methyl sites for hydroxylation is 4. The van der Waals surface area contributed by atoms with E-state index < -0.39 is 0 Å². The second-order valence-corrected chi connectivity index (χ2v) is 7.50. The van der Waals surface area contributed by atoms with Crippen LogP contribution in [0, 0.1) is 0 Å². The first-order valence-corrected chi connectivity index (χ1v) is 10.7. The van der Waals surface area contributed by atoms with E-state index in [-0.39, 0.29) is 0 Å².